The number of hydrogen-bond acceptors (Lipinski definition) is 5. The molecule has 0 aliphatic carbocycles. The average molecular weight is 400 g/mol. The largest absolute Gasteiger partial charge is 0.493 e. The lowest BCUT2D eigenvalue weighted by atomic mass is 10.2. The van der Waals surface area contributed by atoms with Gasteiger partial charge in [-0.05, 0) is 39.7 Å². The Balaban J connectivity index is 2.38. The highest BCUT2D eigenvalue weighted by Gasteiger charge is 2.31. The molecule has 0 spiro atoms. The van der Waals surface area contributed by atoms with Gasteiger partial charge in [0.25, 0.3) is 5.91 Å². The van der Waals surface area contributed by atoms with E-state index < -0.39 is 0 Å². The molecule has 1 amide bonds. The van der Waals surface area contributed by atoms with E-state index in [-0.39, 0.29) is 5.91 Å². The van der Waals surface area contributed by atoms with Gasteiger partial charge in [0.15, 0.2) is 11.5 Å². The van der Waals surface area contributed by atoms with Gasteiger partial charge in [-0.25, -0.2) is 0 Å². The van der Waals surface area contributed by atoms with Crippen molar-refractivity contribution >= 4 is 56.2 Å². The Hall–Kier alpha value is -1.31. The maximum absolute atomic E-state index is 12.3. The molecule has 22 heavy (non-hydrogen) atoms. The van der Waals surface area contributed by atoms with Gasteiger partial charge in [0.2, 0.25) is 0 Å². The molecular formula is C15H14BrNO3S2. The van der Waals surface area contributed by atoms with E-state index in [1.165, 1.54) is 16.7 Å². The average Bonchev–Trinajstić information content (AvgIpc) is 2.74. The summed E-state index contributed by atoms with van der Waals surface area (Å²) in [5.74, 6) is 1.09. The van der Waals surface area contributed by atoms with Crippen LogP contribution in [0.4, 0.5) is 0 Å². The van der Waals surface area contributed by atoms with Crippen molar-refractivity contribution in [1.82, 2.24) is 4.90 Å². The SMILES string of the molecule is C=CCN1C(=O)/C(=C/c2cc(Br)c(OC)c(OC)c2)SC1=S. The molecule has 4 nitrogen and oxygen atoms in total. The summed E-state index contributed by atoms with van der Waals surface area (Å²) in [6, 6.07) is 3.67. The lowest BCUT2D eigenvalue weighted by Gasteiger charge is -2.11. The third-order valence-corrected chi connectivity index (χ3v) is 4.91. The lowest BCUT2D eigenvalue weighted by Crippen LogP contribution is -2.27. The number of methoxy groups -OCH3 is 2. The summed E-state index contributed by atoms with van der Waals surface area (Å²) in [6.45, 7) is 4.05. The Morgan fingerprint density at radius 2 is 2.14 bits per heavy atom. The highest BCUT2D eigenvalue weighted by atomic mass is 79.9. The number of thiocarbonyl (C=S) groups is 1. The molecule has 1 aliphatic rings. The number of benzene rings is 1. The third kappa shape index (κ3) is 3.37. The molecule has 1 heterocycles. The first-order valence-electron chi connectivity index (χ1n) is 6.29. The Labute approximate surface area is 147 Å². The van der Waals surface area contributed by atoms with Crippen molar-refractivity contribution in [3.63, 3.8) is 0 Å². The second-order valence-corrected chi connectivity index (χ2v) is 6.85. The first kappa shape index (κ1) is 17.1. The van der Waals surface area contributed by atoms with Crippen LogP contribution < -0.4 is 9.47 Å². The number of carbonyl (C=O) groups is 1. The molecule has 2 rings (SSSR count). The normalized spacial score (nSPS) is 16.3. The van der Waals surface area contributed by atoms with Crippen molar-refractivity contribution in [2.24, 2.45) is 0 Å². The van der Waals surface area contributed by atoms with Crippen LogP contribution in [0, 0.1) is 0 Å². The van der Waals surface area contributed by atoms with Crippen LogP contribution in [0.1, 0.15) is 5.56 Å². The molecule has 0 N–H and O–H groups in total. The fraction of sp³-hybridized carbons (Fsp3) is 0.200. The Kier molecular flexibility index (Phi) is 5.66. The van der Waals surface area contributed by atoms with Gasteiger partial charge >= 0.3 is 0 Å². The fourth-order valence-electron chi connectivity index (χ4n) is 1.96. The van der Waals surface area contributed by atoms with E-state index in [0.717, 1.165) is 10.0 Å². The van der Waals surface area contributed by atoms with Gasteiger partial charge in [-0.1, -0.05) is 30.1 Å². The maximum atomic E-state index is 12.3. The van der Waals surface area contributed by atoms with Gasteiger partial charge in [0, 0.05) is 6.54 Å². The van der Waals surface area contributed by atoms with Crippen molar-refractivity contribution in [3.05, 3.63) is 39.7 Å². The summed E-state index contributed by atoms with van der Waals surface area (Å²) >= 11 is 9.93. The van der Waals surface area contributed by atoms with Crippen LogP contribution in [-0.4, -0.2) is 35.9 Å². The number of halogens is 1. The van der Waals surface area contributed by atoms with Gasteiger partial charge in [-0.2, -0.15) is 0 Å². The van der Waals surface area contributed by atoms with Crippen molar-refractivity contribution in [1.29, 1.82) is 0 Å². The number of nitrogens with zero attached hydrogens (tertiary/aromatic N) is 1. The molecule has 0 radical (unpaired) electrons. The standard InChI is InChI=1S/C15H14BrNO3S2/c1-4-5-17-14(18)12(22-15(17)21)8-9-6-10(16)13(20-3)11(7-9)19-2/h4,6-8H,1,5H2,2-3H3/b12-8-. The molecule has 0 saturated carbocycles. The van der Waals surface area contributed by atoms with Gasteiger partial charge in [0.05, 0.1) is 23.6 Å². The van der Waals surface area contributed by atoms with Gasteiger partial charge in [-0.15, -0.1) is 6.58 Å². The molecule has 0 atom stereocenters. The number of hydrogen-bond donors (Lipinski definition) is 0. The fourth-order valence-corrected chi connectivity index (χ4v) is 3.86. The molecule has 0 bridgehead atoms. The van der Waals surface area contributed by atoms with Gasteiger partial charge in [0.1, 0.15) is 4.32 Å². The minimum absolute atomic E-state index is 0.110. The van der Waals surface area contributed by atoms with Gasteiger partial charge in [-0.3, -0.25) is 9.69 Å². The van der Waals surface area contributed by atoms with E-state index in [4.69, 9.17) is 21.7 Å². The predicted molar refractivity (Wildman–Crippen MR) is 97.3 cm³/mol. The van der Waals surface area contributed by atoms with Crippen LogP contribution in [0.25, 0.3) is 6.08 Å². The molecule has 1 aliphatic heterocycles. The van der Waals surface area contributed by atoms with Crippen LogP contribution in [0.2, 0.25) is 0 Å². The summed E-state index contributed by atoms with van der Waals surface area (Å²) in [5.41, 5.74) is 0.823. The summed E-state index contributed by atoms with van der Waals surface area (Å²) in [6.07, 6.45) is 3.44. The second-order valence-electron chi connectivity index (χ2n) is 4.32. The van der Waals surface area contributed by atoms with E-state index in [1.807, 2.05) is 12.1 Å². The molecule has 1 aromatic carbocycles. The van der Waals surface area contributed by atoms with Crippen LogP contribution in [0.5, 0.6) is 11.5 Å². The topological polar surface area (TPSA) is 38.8 Å². The zero-order chi connectivity index (χ0) is 16.3. The van der Waals surface area contributed by atoms with Gasteiger partial charge < -0.3 is 9.47 Å². The number of rotatable bonds is 5. The molecule has 0 aromatic heterocycles. The zero-order valence-corrected chi connectivity index (χ0v) is 15.3. The highest BCUT2D eigenvalue weighted by Crippen LogP contribution is 2.38. The van der Waals surface area contributed by atoms with Crippen LogP contribution in [0.3, 0.4) is 0 Å². The summed E-state index contributed by atoms with van der Waals surface area (Å²) < 4.78 is 11.9. The Morgan fingerprint density at radius 1 is 1.41 bits per heavy atom. The van der Waals surface area contributed by atoms with E-state index in [1.54, 1.807) is 26.4 Å². The van der Waals surface area contributed by atoms with Crippen molar-refractivity contribution in [2.75, 3.05) is 20.8 Å². The van der Waals surface area contributed by atoms with Crippen LogP contribution in [-0.2, 0) is 4.79 Å². The highest BCUT2D eigenvalue weighted by molar-refractivity contribution is 9.10. The van der Waals surface area contributed by atoms with Crippen molar-refractivity contribution in [2.45, 2.75) is 0 Å². The van der Waals surface area contributed by atoms with E-state index in [0.29, 0.717) is 27.3 Å². The first-order chi connectivity index (χ1) is 10.5. The third-order valence-electron chi connectivity index (χ3n) is 2.94. The Morgan fingerprint density at radius 3 is 2.73 bits per heavy atom. The summed E-state index contributed by atoms with van der Waals surface area (Å²) in [7, 11) is 3.14. The number of thioether (sulfide) groups is 1. The minimum Gasteiger partial charge on any atom is -0.493 e. The van der Waals surface area contributed by atoms with Crippen LogP contribution >= 0.6 is 39.9 Å². The monoisotopic (exact) mass is 399 g/mol. The molecule has 7 heteroatoms. The minimum atomic E-state index is -0.110. The lowest BCUT2D eigenvalue weighted by molar-refractivity contribution is -0.121. The van der Waals surface area contributed by atoms with E-state index in [2.05, 4.69) is 22.5 Å². The van der Waals surface area contributed by atoms with Crippen LogP contribution in [0.15, 0.2) is 34.2 Å². The molecular weight excluding hydrogens is 386 g/mol. The van der Waals surface area contributed by atoms with Crippen molar-refractivity contribution in [3.8, 4) is 11.5 Å². The maximum Gasteiger partial charge on any atom is 0.266 e. The summed E-state index contributed by atoms with van der Waals surface area (Å²) in [4.78, 5) is 14.4. The number of amides is 1. The molecule has 1 aromatic rings. The predicted octanol–water partition coefficient (Wildman–Crippen LogP) is 3.85. The molecule has 116 valence electrons. The molecule has 0 unspecified atom stereocenters. The number of ether oxygens (including phenoxy) is 2. The van der Waals surface area contributed by atoms with Crippen molar-refractivity contribution < 1.29 is 14.3 Å². The molecule has 1 saturated heterocycles. The second kappa shape index (κ2) is 7.30. The van der Waals surface area contributed by atoms with E-state index in [9.17, 15) is 4.79 Å². The summed E-state index contributed by atoms with van der Waals surface area (Å²) in [5, 5.41) is 0. The number of carbonyl (C=O) groups excluding carboxylic acids is 1. The van der Waals surface area contributed by atoms with E-state index >= 15 is 0 Å². The smallest absolute Gasteiger partial charge is 0.266 e. The zero-order valence-electron chi connectivity index (χ0n) is 12.1. The first-order valence-corrected chi connectivity index (χ1v) is 8.31. The quantitative estimate of drug-likeness (QED) is 0.427. The Bertz CT molecular complexity index is 673. The molecule has 1 fully saturated rings.